The molecule has 0 heterocycles. The first-order valence-electron chi connectivity index (χ1n) is 6.32. The van der Waals surface area contributed by atoms with E-state index in [-0.39, 0.29) is 22.5 Å². The van der Waals surface area contributed by atoms with Crippen molar-refractivity contribution in [2.45, 2.75) is 0 Å². The number of aromatic carboxylic acids is 2. The van der Waals surface area contributed by atoms with Crippen molar-refractivity contribution >= 4 is 35.5 Å². The zero-order chi connectivity index (χ0) is 16.3. The lowest BCUT2D eigenvalue weighted by Gasteiger charge is -2.03. The van der Waals surface area contributed by atoms with Gasteiger partial charge >= 0.3 is 11.9 Å². The number of rotatable bonds is 4. The molecule has 0 amide bonds. The SMILES string of the molecule is Nc1ccc(C=Cc2ccc(N)c(C(=O)O)c2)cc1C(=O)O. The Balaban J connectivity index is 2.33. The molecule has 0 aliphatic carbocycles. The van der Waals surface area contributed by atoms with Crippen LogP contribution in [0, 0.1) is 0 Å². The second-order valence-corrected chi connectivity index (χ2v) is 4.64. The summed E-state index contributed by atoms with van der Waals surface area (Å²) < 4.78 is 0. The minimum atomic E-state index is -1.10. The van der Waals surface area contributed by atoms with Crippen LogP contribution in [0.4, 0.5) is 11.4 Å². The van der Waals surface area contributed by atoms with E-state index in [1.54, 1.807) is 24.3 Å². The van der Waals surface area contributed by atoms with Gasteiger partial charge in [-0.15, -0.1) is 0 Å². The van der Waals surface area contributed by atoms with Gasteiger partial charge in [-0.1, -0.05) is 24.3 Å². The van der Waals surface area contributed by atoms with E-state index in [1.807, 2.05) is 0 Å². The molecule has 0 aliphatic heterocycles. The van der Waals surface area contributed by atoms with Crippen LogP contribution < -0.4 is 11.5 Å². The van der Waals surface area contributed by atoms with Gasteiger partial charge in [0.25, 0.3) is 0 Å². The third-order valence-corrected chi connectivity index (χ3v) is 3.08. The Morgan fingerprint density at radius 3 is 1.45 bits per heavy atom. The maximum Gasteiger partial charge on any atom is 0.337 e. The molecular weight excluding hydrogens is 284 g/mol. The van der Waals surface area contributed by atoms with Gasteiger partial charge in [0.1, 0.15) is 0 Å². The number of nitrogens with two attached hydrogens (primary N) is 2. The molecule has 0 fully saturated rings. The third kappa shape index (κ3) is 3.24. The third-order valence-electron chi connectivity index (χ3n) is 3.08. The number of hydrogen-bond acceptors (Lipinski definition) is 4. The summed E-state index contributed by atoms with van der Waals surface area (Å²) in [4.78, 5) is 22.0. The van der Waals surface area contributed by atoms with E-state index < -0.39 is 11.9 Å². The zero-order valence-corrected chi connectivity index (χ0v) is 11.5. The Hall–Kier alpha value is -3.28. The number of carbonyl (C=O) groups is 2. The highest BCUT2D eigenvalue weighted by Gasteiger charge is 2.08. The molecule has 0 aromatic heterocycles. The summed E-state index contributed by atoms with van der Waals surface area (Å²) >= 11 is 0. The van der Waals surface area contributed by atoms with Crippen LogP contribution in [-0.2, 0) is 0 Å². The van der Waals surface area contributed by atoms with Crippen LogP contribution in [-0.4, -0.2) is 22.2 Å². The first-order valence-corrected chi connectivity index (χ1v) is 6.32. The summed E-state index contributed by atoms with van der Waals surface area (Å²) in [5.41, 5.74) is 12.9. The molecule has 0 bridgehead atoms. The van der Waals surface area contributed by atoms with Crippen molar-refractivity contribution in [2.24, 2.45) is 0 Å². The number of benzene rings is 2. The van der Waals surface area contributed by atoms with Crippen LogP contribution in [0.5, 0.6) is 0 Å². The second kappa shape index (κ2) is 6.01. The number of anilines is 2. The van der Waals surface area contributed by atoms with Crippen molar-refractivity contribution < 1.29 is 19.8 Å². The molecule has 0 spiro atoms. The van der Waals surface area contributed by atoms with Crippen LogP contribution in [0.25, 0.3) is 12.2 Å². The fourth-order valence-electron chi connectivity index (χ4n) is 1.92. The van der Waals surface area contributed by atoms with Gasteiger partial charge in [0.05, 0.1) is 11.1 Å². The van der Waals surface area contributed by atoms with Crippen LogP contribution >= 0.6 is 0 Å². The van der Waals surface area contributed by atoms with Crippen LogP contribution in [0.3, 0.4) is 0 Å². The predicted octanol–water partition coefficient (Wildman–Crippen LogP) is 2.42. The van der Waals surface area contributed by atoms with Crippen molar-refractivity contribution in [3.05, 3.63) is 58.7 Å². The molecule has 0 saturated heterocycles. The van der Waals surface area contributed by atoms with Gasteiger partial charge in [0.2, 0.25) is 0 Å². The Labute approximate surface area is 126 Å². The summed E-state index contributed by atoms with van der Waals surface area (Å²) in [5, 5.41) is 18.0. The van der Waals surface area contributed by atoms with Crippen LogP contribution in [0.2, 0.25) is 0 Å². The summed E-state index contributed by atoms with van der Waals surface area (Å²) in [5.74, 6) is -2.21. The molecule has 0 unspecified atom stereocenters. The zero-order valence-electron chi connectivity index (χ0n) is 11.5. The maximum atomic E-state index is 11.0. The van der Waals surface area contributed by atoms with E-state index in [9.17, 15) is 9.59 Å². The predicted molar refractivity (Wildman–Crippen MR) is 84.6 cm³/mol. The fourth-order valence-corrected chi connectivity index (χ4v) is 1.92. The van der Waals surface area contributed by atoms with Gasteiger partial charge in [0, 0.05) is 11.4 Å². The molecule has 0 radical (unpaired) electrons. The Morgan fingerprint density at radius 2 is 1.14 bits per heavy atom. The van der Waals surface area contributed by atoms with E-state index in [0.717, 1.165) is 0 Å². The van der Waals surface area contributed by atoms with Gasteiger partial charge in [-0.05, 0) is 35.4 Å². The van der Waals surface area contributed by atoms with Crippen LogP contribution in [0.15, 0.2) is 36.4 Å². The molecule has 0 atom stereocenters. The molecule has 2 rings (SSSR count). The molecule has 6 nitrogen and oxygen atoms in total. The van der Waals surface area contributed by atoms with Crippen molar-refractivity contribution in [3.8, 4) is 0 Å². The molecule has 112 valence electrons. The Morgan fingerprint density at radius 1 is 0.773 bits per heavy atom. The standard InChI is InChI=1S/C16H14N2O4/c17-13-5-3-9(7-11(13)15(19)20)1-2-10-4-6-14(18)12(8-10)16(21)22/h1-8H,17-18H2,(H,19,20)(H,21,22). The number of carboxylic acid groups (broad SMARTS) is 2. The Kier molecular flexibility index (Phi) is 4.13. The first-order chi connectivity index (χ1) is 10.4. The van der Waals surface area contributed by atoms with E-state index in [2.05, 4.69) is 0 Å². The monoisotopic (exact) mass is 298 g/mol. The van der Waals surface area contributed by atoms with Gasteiger partial charge in [-0.3, -0.25) is 0 Å². The minimum absolute atomic E-state index is 0.0191. The smallest absolute Gasteiger partial charge is 0.337 e. The number of nitrogen functional groups attached to an aromatic ring is 2. The molecular formula is C16H14N2O4. The van der Waals surface area contributed by atoms with E-state index in [0.29, 0.717) is 11.1 Å². The van der Waals surface area contributed by atoms with Gasteiger partial charge in [-0.2, -0.15) is 0 Å². The van der Waals surface area contributed by atoms with Gasteiger partial charge in [0.15, 0.2) is 0 Å². The average Bonchev–Trinajstić information content (AvgIpc) is 2.47. The normalized spacial score (nSPS) is 10.7. The quantitative estimate of drug-likeness (QED) is 0.507. The van der Waals surface area contributed by atoms with Gasteiger partial charge in [-0.25, -0.2) is 9.59 Å². The van der Waals surface area contributed by atoms with E-state index >= 15 is 0 Å². The average molecular weight is 298 g/mol. The molecule has 6 N–H and O–H groups in total. The summed E-state index contributed by atoms with van der Waals surface area (Å²) in [6.07, 6.45) is 3.34. The summed E-state index contributed by atoms with van der Waals surface area (Å²) in [6.45, 7) is 0. The van der Waals surface area contributed by atoms with Crippen molar-refractivity contribution in [1.82, 2.24) is 0 Å². The fraction of sp³-hybridized carbons (Fsp3) is 0. The number of carboxylic acids is 2. The lowest BCUT2D eigenvalue weighted by atomic mass is 10.1. The van der Waals surface area contributed by atoms with Gasteiger partial charge < -0.3 is 21.7 Å². The molecule has 22 heavy (non-hydrogen) atoms. The Bertz CT molecular complexity index is 716. The highest BCUT2D eigenvalue weighted by atomic mass is 16.4. The van der Waals surface area contributed by atoms with E-state index in [4.69, 9.17) is 21.7 Å². The lowest BCUT2D eigenvalue weighted by molar-refractivity contribution is 0.0687. The van der Waals surface area contributed by atoms with Crippen molar-refractivity contribution in [3.63, 3.8) is 0 Å². The van der Waals surface area contributed by atoms with Crippen molar-refractivity contribution in [1.29, 1.82) is 0 Å². The van der Waals surface area contributed by atoms with Crippen molar-refractivity contribution in [2.75, 3.05) is 11.5 Å². The van der Waals surface area contributed by atoms with Crippen LogP contribution in [0.1, 0.15) is 31.8 Å². The summed E-state index contributed by atoms with van der Waals surface area (Å²) in [6, 6.07) is 9.26. The highest BCUT2D eigenvalue weighted by molar-refractivity contribution is 5.95. The largest absolute Gasteiger partial charge is 0.478 e. The lowest BCUT2D eigenvalue weighted by Crippen LogP contribution is -2.02. The number of hydrogen-bond donors (Lipinski definition) is 4. The second-order valence-electron chi connectivity index (χ2n) is 4.64. The summed E-state index contributed by atoms with van der Waals surface area (Å²) in [7, 11) is 0. The highest BCUT2D eigenvalue weighted by Crippen LogP contribution is 2.19. The topological polar surface area (TPSA) is 127 Å². The first kappa shape index (κ1) is 15.1. The molecule has 0 aliphatic rings. The molecule has 0 saturated carbocycles. The molecule has 6 heteroatoms. The van der Waals surface area contributed by atoms with E-state index in [1.165, 1.54) is 24.3 Å². The minimum Gasteiger partial charge on any atom is -0.478 e. The maximum absolute atomic E-state index is 11.0. The molecule has 2 aromatic rings. The molecule has 2 aromatic carbocycles.